The van der Waals surface area contributed by atoms with E-state index in [4.69, 9.17) is 0 Å². The summed E-state index contributed by atoms with van der Waals surface area (Å²) in [7, 11) is 2.15. The molecule has 1 N–H and O–H groups in total. The largest absolute Gasteiger partial charge is 0.301 e. The Bertz CT molecular complexity index is 273. The molecular weight excluding hydrogens is 210 g/mol. The summed E-state index contributed by atoms with van der Waals surface area (Å²) < 4.78 is 0. The zero-order chi connectivity index (χ0) is 12.6. The predicted octanol–water partition coefficient (Wildman–Crippen LogP) is 2.78. The Morgan fingerprint density at radius 3 is 1.94 bits per heavy atom. The Morgan fingerprint density at radius 1 is 1.24 bits per heavy atom. The Hall–Kier alpha value is -0.590. The van der Waals surface area contributed by atoms with Gasteiger partial charge in [-0.15, -0.1) is 0 Å². The van der Waals surface area contributed by atoms with Crippen LogP contribution in [0, 0.1) is 11.3 Å². The topological polar surface area (TPSA) is 39.1 Å². The molecule has 1 aliphatic rings. The summed E-state index contributed by atoms with van der Waals surface area (Å²) in [6.45, 7) is 10.8. The number of nitriles is 1. The van der Waals surface area contributed by atoms with Gasteiger partial charge < -0.3 is 4.90 Å². The predicted molar refractivity (Wildman–Crippen MR) is 73.9 cm³/mol. The van der Waals surface area contributed by atoms with E-state index >= 15 is 0 Å². The fraction of sp³-hybridized carbons (Fsp3) is 0.929. The highest BCUT2D eigenvalue weighted by Gasteiger charge is 2.42. The Kier molecular flexibility index (Phi) is 5.18. The van der Waals surface area contributed by atoms with Crippen LogP contribution in [0.2, 0.25) is 0 Å². The van der Waals surface area contributed by atoms with E-state index in [9.17, 15) is 5.26 Å². The molecule has 1 fully saturated rings. The van der Waals surface area contributed by atoms with Crippen molar-refractivity contribution >= 4 is 0 Å². The van der Waals surface area contributed by atoms with Gasteiger partial charge in [0.05, 0.1) is 6.07 Å². The lowest BCUT2D eigenvalue weighted by molar-refractivity contribution is 0.0739. The Labute approximate surface area is 107 Å². The quantitative estimate of drug-likeness (QED) is 0.765. The van der Waals surface area contributed by atoms with Crippen molar-refractivity contribution in [1.29, 1.82) is 5.26 Å². The van der Waals surface area contributed by atoms with E-state index in [1.807, 2.05) is 0 Å². The van der Waals surface area contributed by atoms with Gasteiger partial charge in [-0.25, -0.2) is 0 Å². The summed E-state index contributed by atoms with van der Waals surface area (Å²) in [6, 6.07) is 3.43. The zero-order valence-electron chi connectivity index (χ0n) is 11.5. The van der Waals surface area contributed by atoms with E-state index in [1.165, 1.54) is 0 Å². The first-order valence-corrected chi connectivity index (χ1v) is 6.12. The lowest BCUT2D eigenvalue weighted by Crippen LogP contribution is -2.62. The van der Waals surface area contributed by atoms with Gasteiger partial charge in [0.1, 0.15) is 5.54 Å². The van der Waals surface area contributed by atoms with Crippen molar-refractivity contribution in [3.05, 3.63) is 0 Å². The first-order valence-electron chi connectivity index (χ1n) is 6.12. The van der Waals surface area contributed by atoms with Crippen molar-refractivity contribution in [2.75, 3.05) is 7.05 Å². The molecule has 3 heteroatoms. The molecular formula is C14H29N3. The molecule has 0 aromatic rings. The molecule has 0 spiro atoms. The summed E-state index contributed by atoms with van der Waals surface area (Å²) in [5.41, 5.74) is -0.366. The van der Waals surface area contributed by atoms with E-state index in [2.05, 4.69) is 58.0 Å². The third-order valence-electron chi connectivity index (χ3n) is 3.51. The third-order valence-corrected chi connectivity index (χ3v) is 3.51. The number of rotatable bonds is 1. The Balaban J connectivity index is 0.00000256. The molecule has 0 aromatic heterocycles. The van der Waals surface area contributed by atoms with Crippen LogP contribution in [0.15, 0.2) is 0 Å². The molecule has 1 saturated heterocycles. The van der Waals surface area contributed by atoms with Gasteiger partial charge in [-0.2, -0.15) is 5.26 Å². The minimum atomic E-state index is -0.358. The summed E-state index contributed by atoms with van der Waals surface area (Å²) in [5, 5.41) is 13.0. The highest BCUT2D eigenvalue weighted by molar-refractivity contribution is 5.14. The van der Waals surface area contributed by atoms with Crippen molar-refractivity contribution in [2.45, 2.75) is 78.0 Å². The maximum absolute atomic E-state index is 9.50. The van der Waals surface area contributed by atoms with Crippen LogP contribution >= 0.6 is 0 Å². The van der Waals surface area contributed by atoms with Crippen LogP contribution in [0.4, 0.5) is 0 Å². The van der Waals surface area contributed by atoms with E-state index < -0.39 is 0 Å². The minimum Gasteiger partial charge on any atom is -0.301 e. The molecule has 1 rings (SSSR count). The highest BCUT2D eigenvalue weighted by atomic mass is 15.2. The molecule has 1 heterocycles. The van der Waals surface area contributed by atoms with Crippen LogP contribution < -0.4 is 5.32 Å². The van der Waals surface area contributed by atoms with Crippen molar-refractivity contribution < 1.29 is 0 Å². The van der Waals surface area contributed by atoms with Crippen LogP contribution in [0.25, 0.3) is 0 Å². The second-order valence-electron chi connectivity index (χ2n) is 6.34. The number of likely N-dealkylation sites (tertiary alicyclic amines) is 1. The molecule has 0 radical (unpaired) electrons. The number of piperidine rings is 1. The van der Waals surface area contributed by atoms with Crippen LogP contribution in [-0.4, -0.2) is 35.1 Å². The van der Waals surface area contributed by atoms with Gasteiger partial charge in [0, 0.05) is 17.6 Å². The van der Waals surface area contributed by atoms with Crippen molar-refractivity contribution in [1.82, 2.24) is 10.2 Å². The molecule has 0 aliphatic carbocycles. The molecule has 100 valence electrons. The molecule has 3 nitrogen and oxygen atoms in total. The van der Waals surface area contributed by atoms with Crippen molar-refractivity contribution in [3.63, 3.8) is 0 Å². The van der Waals surface area contributed by atoms with Crippen molar-refractivity contribution in [3.8, 4) is 6.07 Å². The molecule has 2 atom stereocenters. The van der Waals surface area contributed by atoms with Gasteiger partial charge in [-0.3, -0.25) is 5.32 Å². The van der Waals surface area contributed by atoms with Gasteiger partial charge >= 0.3 is 0 Å². The van der Waals surface area contributed by atoms with E-state index in [0.717, 1.165) is 12.8 Å². The average Bonchev–Trinajstić information content (AvgIpc) is 2.11. The maximum Gasteiger partial charge on any atom is 0.110 e. The normalized spacial score (nSPS) is 34.9. The number of hydrogen-bond donors (Lipinski definition) is 1. The van der Waals surface area contributed by atoms with E-state index in [0.29, 0.717) is 12.1 Å². The van der Waals surface area contributed by atoms with Gasteiger partial charge in [0.2, 0.25) is 0 Å². The SMILES string of the molecule is C.CC1CC(C#N)(NC(C)(C)C)CC(C)N1C. The molecule has 0 bridgehead atoms. The second-order valence-corrected chi connectivity index (χ2v) is 6.34. The lowest BCUT2D eigenvalue weighted by Gasteiger charge is -2.47. The fourth-order valence-electron chi connectivity index (χ4n) is 2.75. The summed E-state index contributed by atoms with van der Waals surface area (Å²) >= 11 is 0. The van der Waals surface area contributed by atoms with Gasteiger partial charge in [0.15, 0.2) is 0 Å². The van der Waals surface area contributed by atoms with Gasteiger partial charge in [0.25, 0.3) is 0 Å². The second kappa shape index (κ2) is 5.37. The molecule has 0 aromatic carbocycles. The first kappa shape index (κ1) is 16.4. The van der Waals surface area contributed by atoms with Gasteiger partial charge in [-0.05, 0) is 54.5 Å². The van der Waals surface area contributed by atoms with E-state index in [-0.39, 0.29) is 18.5 Å². The first-order chi connectivity index (χ1) is 7.19. The minimum absolute atomic E-state index is 0. The lowest BCUT2D eigenvalue weighted by atomic mass is 9.80. The maximum atomic E-state index is 9.50. The highest BCUT2D eigenvalue weighted by Crippen LogP contribution is 2.31. The number of hydrogen-bond acceptors (Lipinski definition) is 3. The zero-order valence-corrected chi connectivity index (χ0v) is 11.5. The summed E-state index contributed by atoms with van der Waals surface area (Å²) in [5.74, 6) is 0. The number of nitrogens with zero attached hydrogens (tertiary/aromatic N) is 2. The standard InChI is InChI=1S/C13H25N3.CH4/c1-10-7-13(9-14,15-12(3,4)5)8-11(2)16(10)6;/h10-11,15H,7-8H2,1-6H3;1H4. The monoisotopic (exact) mass is 239 g/mol. The van der Waals surface area contributed by atoms with Crippen LogP contribution in [-0.2, 0) is 0 Å². The molecule has 1 aliphatic heterocycles. The molecule has 17 heavy (non-hydrogen) atoms. The third kappa shape index (κ3) is 3.97. The summed E-state index contributed by atoms with van der Waals surface area (Å²) in [4.78, 5) is 2.36. The van der Waals surface area contributed by atoms with Crippen LogP contribution in [0.3, 0.4) is 0 Å². The van der Waals surface area contributed by atoms with Crippen LogP contribution in [0.1, 0.15) is 54.9 Å². The van der Waals surface area contributed by atoms with E-state index in [1.54, 1.807) is 0 Å². The Morgan fingerprint density at radius 2 is 1.65 bits per heavy atom. The van der Waals surface area contributed by atoms with Gasteiger partial charge in [-0.1, -0.05) is 7.43 Å². The van der Waals surface area contributed by atoms with Crippen molar-refractivity contribution in [2.24, 2.45) is 0 Å². The molecule has 0 amide bonds. The average molecular weight is 239 g/mol. The summed E-state index contributed by atoms with van der Waals surface area (Å²) in [6.07, 6.45) is 1.81. The smallest absolute Gasteiger partial charge is 0.110 e. The fourth-order valence-corrected chi connectivity index (χ4v) is 2.75. The van der Waals surface area contributed by atoms with Crippen LogP contribution in [0.5, 0.6) is 0 Å². The molecule has 2 unspecified atom stereocenters. The number of nitrogens with one attached hydrogen (secondary N) is 1. The molecule has 0 saturated carbocycles.